The Morgan fingerprint density at radius 3 is 3.00 bits per heavy atom. The average molecular weight is 327 g/mol. The number of H-pyrrole nitrogens is 1. The molecule has 1 aromatic carbocycles. The Balaban J connectivity index is 1.50. The van der Waals surface area contributed by atoms with E-state index >= 15 is 0 Å². The number of hydrogen-bond donors (Lipinski definition) is 3. The topological polar surface area (TPSA) is 85.8 Å². The first-order valence-corrected chi connectivity index (χ1v) is 8.19. The van der Waals surface area contributed by atoms with Crippen molar-refractivity contribution in [1.29, 1.82) is 0 Å². The van der Waals surface area contributed by atoms with E-state index in [-0.39, 0.29) is 0 Å². The number of aliphatic hydroxyl groups excluding tert-OH is 1. The summed E-state index contributed by atoms with van der Waals surface area (Å²) in [5.41, 5.74) is 3.15. The van der Waals surface area contributed by atoms with Gasteiger partial charge in [0.15, 0.2) is 6.23 Å². The largest absolute Gasteiger partial charge is 0.378 e. The Kier molecular flexibility index (Phi) is 3.95. The smallest absolute Gasteiger partial charge is 0.170 e. The van der Waals surface area contributed by atoms with Gasteiger partial charge in [0.2, 0.25) is 0 Å². The molecule has 1 saturated heterocycles. The molecule has 0 spiro atoms. The Morgan fingerprint density at radius 2 is 2.17 bits per heavy atom. The van der Waals surface area contributed by atoms with Gasteiger partial charge < -0.3 is 25.0 Å². The van der Waals surface area contributed by atoms with Crippen LogP contribution in [0.4, 0.5) is 0 Å². The first-order chi connectivity index (χ1) is 11.7. The molecule has 1 aromatic heterocycles. The van der Waals surface area contributed by atoms with Crippen molar-refractivity contribution in [2.45, 2.75) is 19.6 Å². The van der Waals surface area contributed by atoms with Crippen LogP contribution in [0.5, 0.6) is 0 Å². The van der Waals surface area contributed by atoms with Gasteiger partial charge in [-0.2, -0.15) is 0 Å². The zero-order chi connectivity index (χ0) is 16.5. The molecular formula is C17H21N5O2. The van der Waals surface area contributed by atoms with Gasteiger partial charge in [0, 0.05) is 19.2 Å². The van der Waals surface area contributed by atoms with Crippen LogP contribution in [0.25, 0.3) is 11.0 Å². The number of benzene rings is 1. The van der Waals surface area contributed by atoms with Gasteiger partial charge in [0.05, 0.1) is 30.7 Å². The van der Waals surface area contributed by atoms with Crippen LogP contribution in [0.15, 0.2) is 35.1 Å². The number of aromatic amines is 1. The fraction of sp³-hybridized carbons (Fsp3) is 0.412. The van der Waals surface area contributed by atoms with E-state index in [1.165, 1.54) is 5.56 Å². The predicted octanol–water partition coefficient (Wildman–Crippen LogP) is 0.908. The lowest BCUT2D eigenvalue weighted by Crippen LogP contribution is -2.44. The van der Waals surface area contributed by atoms with E-state index in [0.29, 0.717) is 25.5 Å². The highest BCUT2D eigenvalue weighted by molar-refractivity contribution is 5.87. The normalized spacial score (nSPS) is 21.4. The zero-order valence-corrected chi connectivity index (χ0v) is 13.6. The molecule has 0 amide bonds. The molecule has 7 heteroatoms. The SMILES string of the molecule is Cc1ccc2nc(CC3=N[C@H](O)C=C(N4CCOCC4)N3)[nH]c2c1. The number of rotatable bonds is 3. The molecule has 1 fully saturated rings. The number of imidazole rings is 1. The van der Waals surface area contributed by atoms with Crippen molar-refractivity contribution in [3.8, 4) is 0 Å². The number of aromatic nitrogens is 2. The van der Waals surface area contributed by atoms with Gasteiger partial charge in [-0.05, 0) is 24.6 Å². The molecule has 7 nitrogen and oxygen atoms in total. The van der Waals surface area contributed by atoms with Gasteiger partial charge in [-0.15, -0.1) is 0 Å². The third-order valence-electron chi connectivity index (χ3n) is 4.24. The maximum atomic E-state index is 10.0. The van der Waals surface area contributed by atoms with Crippen molar-refractivity contribution in [2.24, 2.45) is 4.99 Å². The number of ether oxygens (including phenoxy) is 1. The van der Waals surface area contributed by atoms with Crippen molar-refractivity contribution in [3.63, 3.8) is 0 Å². The minimum atomic E-state index is -0.828. The second-order valence-corrected chi connectivity index (χ2v) is 6.15. The number of nitrogens with one attached hydrogen (secondary N) is 2. The Morgan fingerprint density at radius 1 is 1.33 bits per heavy atom. The molecule has 0 unspecified atom stereocenters. The van der Waals surface area contributed by atoms with Gasteiger partial charge in [-0.3, -0.25) is 0 Å². The molecule has 0 bridgehead atoms. The molecule has 0 saturated carbocycles. The van der Waals surface area contributed by atoms with Crippen molar-refractivity contribution < 1.29 is 9.84 Å². The van der Waals surface area contributed by atoms with Gasteiger partial charge in [-0.25, -0.2) is 9.98 Å². The van der Waals surface area contributed by atoms with Crippen molar-refractivity contribution >= 4 is 16.9 Å². The van der Waals surface area contributed by atoms with E-state index in [4.69, 9.17) is 4.74 Å². The van der Waals surface area contributed by atoms with Crippen molar-refractivity contribution in [2.75, 3.05) is 26.3 Å². The third kappa shape index (κ3) is 3.13. The molecule has 2 aliphatic rings. The first-order valence-electron chi connectivity index (χ1n) is 8.19. The van der Waals surface area contributed by atoms with Crippen LogP contribution in [0.1, 0.15) is 11.4 Å². The summed E-state index contributed by atoms with van der Waals surface area (Å²) in [4.78, 5) is 14.4. The maximum absolute atomic E-state index is 10.0. The lowest BCUT2D eigenvalue weighted by Gasteiger charge is -2.33. The van der Waals surface area contributed by atoms with E-state index < -0.39 is 6.23 Å². The van der Waals surface area contributed by atoms with Crippen LogP contribution in [0, 0.1) is 6.92 Å². The summed E-state index contributed by atoms with van der Waals surface area (Å²) in [6, 6.07) is 6.14. The number of hydrogen-bond acceptors (Lipinski definition) is 6. The Hall–Kier alpha value is -2.38. The quantitative estimate of drug-likeness (QED) is 0.780. The molecule has 0 aliphatic carbocycles. The number of nitrogens with zero attached hydrogens (tertiary/aromatic N) is 3. The highest BCUT2D eigenvalue weighted by Crippen LogP contribution is 2.15. The van der Waals surface area contributed by atoms with Crippen LogP contribution in [0.3, 0.4) is 0 Å². The molecule has 126 valence electrons. The highest BCUT2D eigenvalue weighted by Gasteiger charge is 2.21. The van der Waals surface area contributed by atoms with E-state index in [2.05, 4.69) is 38.2 Å². The molecule has 3 heterocycles. The second kappa shape index (κ2) is 6.26. The molecule has 0 radical (unpaired) electrons. The number of aliphatic hydroxyl groups is 1. The monoisotopic (exact) mass is 327 g/mol. The van der Waals surface area contributed by atoms with E-state index in [0.717, 1.165) is 35.8 Å². The van der Waals surface area contributed by atoms with E-state index in [9.17, 15) is 5.11 Å². The molecule has 4 rings (SSSR count). The van der Waals surface area contributed by atoms with Crippen LogP contribution < -0.4 is 5.32 Å². The van der Waals surface area contributed by atoms with Gasteiger partial charge in [0.1, 0.15) is 17.5 Å². The summed E-state index contributed by atoms with van der Waals surface area (Å²) < 4.78 is 5.38. The number of aryl methyl sites for hydroxylation is 1. The standard InChI is InChI=1S/C17H21N5O2/c1-11-2-3-12-13(8-11)19-14(18-12)9-15-20-16(10-17(23)21-15)22-4-6-24-7-5-22/h2-3,8,10,17,23H,4-7,9H2,1H3,(H,18,19)(H,20,21)/t17-/m1/s1. The molecule has 2 aromatic rings. The van der Waals surface area contributed by atoms with Crippen LogP contribution in [-0.2, 0) is 11.2 Å². The van der Waals surface area contributed by atoms with E-state index in [1.807, 2.05) is 12.1 Å². The van der Waals surface area contributed by atoms with Crippen LogP contribution in [0.2, 0.25) is 0 Å². The molecule has 24 heavy (non-hydrogen) atoms. The van der Waals surface area contributed by atoms with Gasteiger partial charge in [-0.1, -0.05) is 6.07 Å². The zero-order valence-electron chi connectivity index (χ0n) is 13.6. The fourth-order valence-electron chi connectivity index (χ4n) is 3.06. The highest BCUT2D eigenvalue weighted by atomic mass is 16.5. The molecular weight excluding hydrogens is 306 g/mol. The summed E-state index contributed by atoms with van der Waals surface area (Å²) in [5.74, 6) is 2.43. The summed E-state index contributed by atoms with van der Waals surface area (Å²) in [7, 11) is 0. The Labute approximate surface area is 140 Å². The number of amidine groups is 1. The van der Waals surface area contributed by atoms with Crippen LogP contribution in [-0.4, -0.2) is 58.3 Å². The van der Waals surface area contributed by atoms with Crippen molar-refractivity contribution in [3.05, 3.63) is 41.5 Å². The minimum Gasteiger partial charge on any atom is -0.378 e. The van der Waals surface area contributed by atoms with Gasteiger partial charge >= 0.3 is 0 Å². The third-order valence-corrected chi connectivity index (χ3v) is 4.24. The number of fused-ring (bicyclic) bond motifs is 1. The minimum absolute atomic E-state index is 0.520. The maximum Gasteiger partial charge on any atom is 0.170 e. The fourth-order valence-corrected chi connectivity index (χ4v) is 3.06. The molecule has 2 aliphatic heterocycles. The number of aliphatic imine (C=N–C) groups is 1. The molecule has 1 atom stereocenters. The van der Waals surface area contributed by atoms with Gasteiger partial charge in [0.25, 0.3) is 0 Å². The summed E-state index contributed by atoms with van der Waals surface area (Å²) in [6.07, 6.45) is 1.43. The summed E-state index contributed by atoms with van der Waals surface area (Å²) >= 11 is 0. The predicted molar refractivity (Wildman–Crippen MR) is 91.6 cm³/mol. The first kappa shape index (κ1) is 15.2. The van der Waals surface area contributed by atoms with E-state index in [1.54, 1.807) is 6.08 Å². The summed E-state index contributed by atoms with van der Waals surface area (Å²) in [5, 5.41) is 13.4. The second-order valence-electron chi connectivity index (χ2n) is 6.15. The molecule has 3 N–H and O–H groups in total. The average Bonchev–Trinajstić information content (AvgIpc) is 2.96. The number of morpholine rings is 1. The lowest BCUT2D eigenvalue weighted by molar-refractivity contribution is 0.0502. The van der Waals surface area contributed by atoms with Crippen LogP contribution >= 0.6 is 0 Å². The Bertz CT molecular complexity index is 804. The lowest BCUT2D eigenvalue weighted by atomic mass is 10.2. The summed E-state index contributed by atoms with van der Waals surface area (Å²) in [6.45, 7) is 5.07. The van der Waals surface area contributed by atoms with Crippen molar-refractivity contribution in [1.82, 2.24) is 20.2 Å².